The molecular weight excluding hydrogens is 253 g/mol. The number of carbonyl (C=O) groups excluding carboxylic acids is 1. The predicted molar refractivity (Wildman–Crippen MR) is 78.9 cm³/mol. The van der Waals surface area contributed by atoms with E-state index in [4.69, 9.17) is 0 Å². The third-order valence-corrected chi connectivity index (χ3v) is 3.44. The molecule has 0 radical (unpaired) electrons. The first-order valence-electron chi connectivity index (χ1n) is 6.67. The van der Waals surface area contributed by atoms with E-state index in [0.717, 1.165) is 11.1 Å². The van der Waals surface area contributed by atoms with Crippen molar-refractivity contribution in [3.05, 3.63) is 59.9 Å². The van der Waals surface area contributed by atoms with E-state index < -0.39 is 0 Å². The Morgan fingerprint density at radius 3 is 2.40 bits per heavy atom. The summed E-state index contributed by atoms with van der Waals surface area (Å²) in [5, 5.41) is 2.62. The molecule has 104 valence electrons. The molecule has 1 unspecified atom stereocenters. The van der Waals surface area contributed by atoms with Crippen molar-refractivity contribution in [2.75, 3.05) is 7.05 Å². The van der Waals surface area contributed by atoms with Crippen LogP contribution in [-0.4, -0.2) is 13.0 Å². The van der Waals surface area contributed by atoms with Crippen LogP contribution in [0.15, 0.2) is 48.5 Å². The van der Waals surface area contributed by atoms with E-state index in [1.165, 1.54) is 6.07 Å². The number of halogens is 1. The van der Waals surface area contributed by atoms with Gasteiger partial charge in [0, 0.05) is 19.0 Å². The fraction of sp³-hybridized carbons (Fsp3) is 0.235. The highest BCUT2D eigenvalue weighted by molar-refractivity contribution is 5.76. The van der Waals surface area contributed by atoms with Crippen molar-refractivity contribution in [2.24, 2.45) is 0 Å². The molecule has 2 aromatic rings. The minimum absolute atomic E-state index is 0.0238. The van der Waals surface area contributed by atoms with E-state index in [2.05, 4.69) is 5.32 Å². The maximum atomic E-state index is 13.7. The number of nitrogens with one attached hydrogen (secondary N) is 1. The zero-order valence-corrected chi connectivity index (χ0v) is 11.7. The molecule has 1 atom stereocenters. The second-order valence-electron chi connectivity index (χ2n) is 4.88. The van der Waals surface area contributed by atoms with E-state index in [1.54, 1.807) is 19.2 Å². The van der Waals surface area contributed by atoms with Crippen molar-refractivity contribution >= 4 is 5.91 Å². The van der Waals surface area contributed by atoms with Crippen LogP contribution >= 0.6 is 0 Å². The van der Waals surface area contributed by atoms with Gasteiger partial charge in [-0.2, -0.15) is 0 Å². The Kier molecular flexibility index (Phi) is 4.51. The summed E-state index contributed by atoms with van der Waals surface area (Å²) in [6, 6.07) is 14.4. The molecule has 0 aliphatic heterocycles. The maximum Gasteiger partial charge on any atom is 0.220 e. The van der Waals surface area contributed by atoms with E-state index in [1.807, 2.05) is 37.3 Å². The number of amides is 1. The van der Waals surface area contributed by atoms with Crippen molar-refractivity contribution in [2.45, 2.75) is 19.3 Å². The van der Waals surface area contributed by atoms with Crippen LogP contribution in [0.25, 0.3) is 11.1 Å². The minimum Gasteiger partial charge on any atom is -0.359 e. The van der Waals surface area contributed by atoms with Crippen molar-refractivity contribution in [3.63, 3.8) is 0 Å². The van der Waals surface area contributed by atoms with Crippen LogP contribution in [0.4, 0.5) is 4.39 Å². The van der Waals surface area contributed by atoms with E-state index in [0.29, 0.717) is 12.0 Å². The van der Waals surface area contributed by atoms with Gasteiger partial charge in [-0.1, -0.05) is 49.4 Å². The summed E-state index contributed by atoms with van der Waals surface area (Å²) in [4.78, 5) is 11.4. The molecule has 2 nitrogen and oxygen atoms in total. The monoisotopic (exact) mass is 271 g/mol. The number of hydrogen-bond donors (Lipinski definition) is 1. The molecular formula is C17H18FNO. The Balaban J connectivity index is 2.18. The fourth-order valence-electron chi connectivity index (χ4n) is 2.18. The Bertz CT molecular complexity index is 592. The van der Waals surface area contributed by atoms with Crippen LogP contribution in [0.1, 0.15) is 24.8 Å². The van der Waals surface area contributed by atoms with Crippen molar-refractivity contribution in [1.29, 1.82) is 0 Å². The van der Waals surface area contributed by atoms with Gasteiger partial charge in [-0.15, -0.1) is 0 Å². The second kappa shape index (κ2) is 6.33. The first-order chi connectivity index (χ1) is 9.61. The normalized spacial score (nSPS) is 11.9. The van der Waals surface area contributed by atoms with Gasteiger partial charge >= 0.3 is 0 Å². The van der Waals surface area contributed by atoms with Gasteiger partial charge in [-0.3, -0.25) is 4.79 Å². The minimum atomic E-state index is -0.223. The lowest BCUT2D eigenvalue weighted by Crippen LogP contribution is -2.19. The fourth-order valence-corrected chi connectivity index (χ4v) is 2.18. The molecule has 2 rings (SSSR count). The Morgan fingerprint density at radius 1 is 1.15 bits per heavy atom. The summed E-state index contributed by atoms with van der Waals surface area (Å²) >= 11 is 0. The number of rotatable bonds is 4. The SMILES string of the molecule is CNC(=O)CC(C)c1ccc(-c2ccccc2F)cc1. The quantitative estimate of drug-likeness (QED) is 0.902. The molecule has 2 aromatic carbocycles. The molecule has 0 aliphatic carbocycles. The van der Waals surface area contributed by atoms with Crippen molar-refractivity contribution in [3.8, 4) is 11.1 Å². The Hall–Kier alpha value is -2.16. The molecule has 20 heavy (non-hydrogen) atoms. The largest absolute Gasteiger partial charge is 0.359 e. The van der Waals surface area contributed by atoms with Gasteiger partial charge in [0.2, 0.25) is 5.91 Å². The van der Waals surface area contributed by atoms with E-state index >= 15 is 0 Å². The van der Waals surface area contributed by atoms with E-state index in [9.17, 15) is 9.18 Å². The van der Waals surface area contributed by atoms with Gasteiger partial charge in [0.15, 0.2) is 0 Å². The van der Waals surface area contributed by atoms with Crippen LogP contribution in [-0.2, 0) is 4.79 Å². The second-order valence-corrected chi connectivity index (χ2v) is 4.88. The van der Waals surface area contributed by atoms with Gasteiger partial charge in [0.1, 0.15) is 5.82 Å². The van der Waals surface area contributed by atoms with Gasteiger partial charge in [0.25, 0.3) is 0 Å². The molecule has 0 saturated heterocycles. The Labute approximate surface area is 118 Å². The predicted octanol–water partition coefficient (Wildman–Crippen LogP) is 3.73. The highest BCUT2D eigenvalue weighted by Gasteiger charge is 2.11. The lowest BCUT2D eigenvalue weighted by Gasteiger charge is -2.12. The smallest absolute Gasteiger partial charge is 0.220 e. The van der Waals surface area contributed by atoms with Crippen LogP contribution in [0.3, 0.4) is 0 Å². The summed E-state index contributed by atoms with van der Waals surface area (Å²) in [5.41, 5.74) is 2.52. The molecule has 1 amide bonds. The molecule has 0 aromatic heterocycles. The zero-order chi connectivity index (χ0) is 14.5. The topological polar surface area (TPSA) is 29.1 Å². The van der Waals surface area contributed by atoms with Gasteiger partial charge in [-0.25, -0.2) is 4.39 Å². The third kappa shape index (κ3) is 3.23. The standard InChI is InChI=1S/C17H18FNO/c1-12(11-17(20)19-2)13-7-9-14(10-8-13)15-5-3-4-6-16(15)18/h3-10,12H,11H2,1-2H3,(H,19,20). The molecule has 0 spiro atoms. The molecule has 0 heterocycles. The van der Waals surface area contributed by atoms with E-state index in [-0.39, 0.29) is 17.6 Å². The average molecular weight is 271 g/mol. The molecule has 0 aliphatic rings. The summed E-state index contributed by atoms with van der Waals surface area (Å²) in [6.07, 6.45) is 0.454. The number of benzene rings is 2. The summed E-state index contributed by atoms with van der Waals surface area (Å²) in [6.45, 7) is 2.01. The van der Waals surface area contributed by atoms with Crippen LogP contribution in [0.5, 0.6) is 0 Å². The molecule has 1 N–H and O–H groups in total. The van der Waals surface area contributed by atoms with Crippen molar-refractivity contribution in [1.82, 2.24) is 5.32 Å². The summed E-state index contributed by atoms with van der Waals surface area (Å²) in [7, 11) is 1.64. The first kappa shape index (κ1) is 14.3. The maximum absolute atomic E-state index is 13.7. The van der Waals surface area contributed by atoms with Crippen LogP contribution < -0.4 is 5.32 Å². The molecule has 0 fully saturated rings. The first-order valence-corrected chi connectivity index (χ1v) is 6.67. The highest BCUT2D eigenvalue weighted by Crippen LogP contribution is 2.26. The highest BCUT2D eigenvalue weighted by atomic mass is 19.1. The molecule has 0 saturated carbocycles. The van der Waals surface area contributed by atoms with Crippen LogP contribution in [0.2, 0.25) is 0 Å². The lowest BCUT2D eigenvalue weighted by molar-refractivity contribution is -0.120. The lowest BCUT2D eigenvalue weighted by atomic mass is 9.95. The van der Waals surface area contributed by atoms with Gasteiger partial charge in [0.05, 0.1) is 0 Å². The summed E-state index contributed by atoms with van der Waals surface area (Å²) < 4.78 is 13.7. The van der Waals surface area contributed by atoms with Crippen LogP contribution in [0, 0.1) is 5.82 Å². The molecule has 3 heteroatoms. The third-order valence-electron chi connectivity index (χ3n) is 3.44. The average Bonchev–Trinajstić information content (AvgIpc) is 2.47. The number of hydrogen-bond acceptors (Lipinski definition) is 1. The zero-order valence-electron chi connectivity index (χ0n) is 11.7. The molecule has 0 bridgehead atoms. The van der Waals surface area contributed by atoms with Crippen molar-refractivity contribution < 1.29 is 9.18 Å². The number of carbonyl (C=O) groups is 1. The van der Waals surface area contributed by atoms with Gasteiger partial charge in [-0.05, 0) is 23.1 Å². The summed E-state index contributed by atoms with van der Waals surface area (Å²) in [5.74, 6) is -0.0565. The van der Waals surface area contributed by atoms with Gasteiger partial charge < -0.3 is 5.32 Å². The Morgan fingerprint density at radius 2 is 1.80 bits per heavy atom.